The maximum Gasteiger partial charge on any atom is 0.376 e. The predicted octanol–water partition coefficient (Wildman–Crippen LogP) is 2.71. The van der Waals surface area contributed by atoms with Crippen LogP contribution < -0.4 is 0 Å². The van der Waals surface area contributed by atoms with Crippen LogP contribution in [0.1, 0.15) is 56.8 Å². The van der Waals surface area contributed by atoms with Gasteiger partial charge >= 0.3 is 5.97 Å². The van der Waals surface area contributed by atoms with E-state index in [4.69, 9.17) is 9.15 Å². The number of aromatic nitrogens is 1. The molecule has 0 saturated carbocycles. The molecule has 0 fully saturated rings. The first kappa shape index (κ1) is 12.7. The molecule has 0 spiro atoms. The Morgan fingerprint density at radius 2 is 2.00 bits per heavy atom. The van der Waals surface area contributed by atoms with E-state index in [1.54, 1.807) is 6.92 Å². The van der Waals surface area contributed by atoms with Gasteiger partial charge in [-0.1, -0.05) is 27.7 Å². The minimum Gasteiger partial charge on any atom is -0.460 e. The van der Waals surface area contributed by atoms with Gasteiger partial charge in [0.25, 0.3) is 0 Å². The second-order valence-electron chi connectivity index (χ2n) is 4.62. The van der Waals surface area contributed by atoms with Gasteiger partial charge in [-0.05, 0) is 13.3 Å². The molecule has 0 unspecified atom stereocenters. The first-order valence-corrected chi connectivity index (χ1v) is 5.57. The van der Waals surface area contributed by atoms with E-state index in [1.807, 2.05) is 27.7 Å². The molecule has 1 heterocycles. The Balaban J connectivity index is 3.09. The Hall–Kier alpha value is -1.32. The summed E-state index contributed by atoms with van der Waals surface area (Å²) in [6, 6.07) is 0. The van der Waals surface area contributed by atoms with Gasteiger partial charge in [0, 0.05) is 5.41 Å². The highest BCUT2D eigenvalue weighted by Gasteiger charge is 2.26. The Labute approximate surface area is 96.0 Å². The van der Waals surface area contributed by atoms with Crippen molar-refractivity contribution in [2.24, 2.45) is 0 Å². The first-order valence-electron chi connectivity index (χ1n) is 5.57. The molecule has 0 bridgehead atoms. The number of esters is 1. The number of rotatable bonds is 3. The molecule has 1 aromatic heterocycles. The van der Waals surface area contributed by atoms with Crippen LogP contribution in [0.4, 0.5) is 0 Å². The van der Waals surface area contributed by atoms with E-state index in [2.05, 4.69) is 4.98 Å². The zero-order valence-electron chi connectivity index (χ0n) is 10.6. The normalized spacial score (nSPS) is 11.6. The zero-order valence-corrected chi connectivity index (χ0v) is 10.6. The molecule has 1 aromatic rings. The molecular weight excluding hydrogens is 206 g/mol. The van der Waals surface area contributed by atoms with Crippen LogP contribution in [0.3, 0.4) is 0 Å². The lowest BCUT2D eigenvalue weighted by Crippen LogP contribution is -2.11. The Kier molecular flexibility index (Phi) is 3.73. The maximum atomic E-state index is 11.6. The number of hydrogen-bond donors (Lipinski definition) is 0. The molecule has 0 aliphatic rings. The second-order valence-corrected chi connectivity index (χ2v) is 4.62. The van der Waals surface area contributed by atoms with Crippen molar-refractivity contribution in [3.63, 3.8) is 0 Å². The number of carbonyl (C=O) groups excluding carboxylic acids is 1. The highest BCUT2D eigenvalue weighted by Crippen LogP contribution is 2.24. The molecule has 0 atom stereocenters. The fourth-order valence-electron chi connectivity index (χ4n) is 1.27. The number of ether oxygens (including phenoxy) is 1. The molecule has 4 heteroatoms. The van der Waals surface area contributed by atoms with E-state index < -0.39 is 5.97 Å². The van der Waals surface area contributed by atoms with Crippen molar-refractivity contribution in [3.8, 4) is 0 Å². The van der Waals surface area contributed by atoms with Crippen molar-refractivity contribution in [1.29, 1.82) is 0 Å². The average Bonchev–Trinajstić information content (AvgIpc) is 2.61. The van der Waals surface area contributed by atoms with Gasteiger partial charge in [0.05, 0.1) is 12.3 Å². The van der Waals surface area contributed by atoms with Crippen molar-refractivity contribution in [3.05, 3.63) is 17.3 Å². The smallest absolute Gasteiger partial charge is 0.376 e. The molecule has 0 radical (unpaired) electrons. The highest BCUT2D eigenvalue weighted by atomic mass is 16.5. The monoisotopic (exact) mass is 225 g/mol. The van der Waals surface area contributed by atoms with Gasteiger partial charge < -0.3 is 9.15 Å². The van der Waals surface area contributed by atoms with Gasteiger partial charge in [-0.2, -0.15) is 0 Å². The summed E-state index contributed by atoms with van der Waals surface area (Å²) in [6.45, 7) is 10.0. The van der Waals surface area contributed by atoms with Crippen LogP contribution in [0.2, 0.25) is 0 Å². The van der Waals surface area contributed by atoms with Gasteiger partial charge in [-0.25, -0.2) is 9.78 Å². The standard InChI is InChI=1S/C12H19NO3/c1-6-8-9(10(14)15-7-2)16-11(13-8)12(3,4)5/h6-7H2,1-5H3. The van der Waals surface area contributed by atoms with E-state index >= 15 is 0 Å². The minimum atomic E-state index is -0.428. The van der Waals surface area contributed by atoms with E-state index in [9.17, 15) is 4.79 Å². The van der Waals surface area contributed by atoms with Gasteiger partial charge in [0.15, 0.2) is 0 Å². The summed E-state index contributed by atoms with van der Waals surface area (Å²) in [6.07, 6.45) is 0.660. The van der Waals surface area contributed by atoms with Gasteiger partial charge in [0.1, 0.15) is 0 Å². The molecule has 0 aliphatic heterocycles. The van der Waals surface area contributed by atoms with Crippen molar-refractivity contribution in [2.45, 2.75) is 46.5 Å². The van der Waals surface area contributed by atoms with Crippen molar-refractivity contribution in [1.82, 2.24) is 4.98 Å². The van der Waals surface area contributed by atoms with Crippen molar-refractivity contribution in [2.75, 3.05) is 6.61 Å². The third-order valence-corrected chi connectivity index (χ3v) is 2.13. The van der Waals surface area contributed by atoms with Crippen LogP contribution in [0.25, 0.3) is 0 Å². The average molecular weight is 225 g/mol. The van der Waals surface area contributed by atoms with E-state index in [0.29, 0.717) is 24.6 Å². The fourth-order valence-corrected chi connectivity index (χ4v) is 1.27. The summed E-state index contributed by atoms with van der Waals surface area (Å²) < 4.78 is 10.4. The number of aryl methyl sites for hydroxylation is 1. The summed E-state index contributed by atoms with van der Waals surface area (Å²) in [7, 11) is 0. The molecule has 4 nitrogen and oxygen atoms in total. The molecule has 0 N–H and O–H groups in total. The van der Waals surface area contributed by atoms with Crippen LogP contribution in [-0.2, 0) is 16.6 Å². The van der Waals surface area contributed by atoms with Crippen molar-refractivity contribution < 1.29 is 13.9 Å². The second kappa shape index (κ2) is 4.68. The summed E-state index contributed by atoms with van der Waals surface area (Å²) in [5, 5.41) is 0. The first-order chi connectivity index (χ1) is 7.40. The number of nitrogens with zero attached hydrogens (tertiary/aromatic N) is 1. The SMILES string of the molecule is CCOC(=O)c1oc(C(C)(C)C)nc1CC. The quantitative estimate of drug-likeness (QED) is 0.742. The fraction of sp³-hybridized carbons (Fsp3) is 0.667. The Morgan fingerprint density at radius 3 is 2.44 bits per heavy atom. The number of carbonyl (C=O) groups is 1. The predicted molar refractivity (Wildman–Crippen MR) is 60.5 cm³/mol. The number of hydrogen-bond acceptors (Lipinski definition) is 4. The lowest BCUT2D eigenvalue weighted by Gasteiger charge is -2.11. The van der Waals surface area contributed by atoms with Crippen molar-refractivity contribution >= 4 is 5.97 Å². The number of oxazole rings is 1. The van der Waals surface area contributed by atoms with Crippen LogP contribution >= 0.6 is 0 Å². The molecule has 0 amide bonds. The highest BCUT2D eigenvalue weighted by molar-refractivity contribution is 5.87. The lowest BCUT2D eigenvalue weighted by molar-refractivity contribution is 0.0484. The molecule has 1 rings (SSSR count). The van der Waals surface area contributed by atoms with E-state index in [1.165, 1.54) is 0 Å². The van der Waals surface area contributed by atoms with Gasteiger partial charge in [0.2, 0.25) is 11.7 Å². The molecule has 0 saturated heterocycles. The van der Waals surface area contributed by atoms with Crippen LogP contribution in [-0.4, -0.2) is 17.6 Å². The summed E-state index contributed by atoms with van der Waals surface area (Å²) in [5.41, 5.74) is 0.470. The lowest BCUT2D eigenvalue weighted by atomic mass is 9.97. The molecule has 0 aliphatic carbocycles. The molecular formula is C12H19NO3. The Morgan fingerprint density at radius 1 is 1.38 bits per heavy atom. The van der Waals surface area contributed by atoms with Gasteiger partial charge in [-0.3, -0.25) is 0 Å². The molecule has 16 heavy (non-hydrogen) atoms. The van der Waals surface area contributed by atoms with Gasteiger partial charge in [-0.15, -0.1) is 0 Å². The van der Waals surface area contributed by atoms with E-state index in [-0.39, 0.29) is 11.2 Å². The largest absolute Gasteiger partial charge is 0.460 e. The molecule has 0 aromatic carbocycles. The summed E-state index contributed by atoms with van der Waals surface area (Å²) in [4.78, 5) is 15.9. The van der Waals surface area contributed by atoms with E-state index in [0.717, 1.165) is 0 Å². The van der Waals surface area contributed by atoms with Crippen LogP contribution in [0, 0.1) is 0 Å². The third-order valence-electron chi connectivity index (χ3n) is 2.13. The minimum absolute atomic E-state index is 0.200. The van der Waals surface area contributed by atoms with Crippen LogP contribution in [0.15, 0.2) is 4.42 Å². The maximum absolute atomic E-state index is 11.6. The molecule has 90 valence electrons. The third kappa shape index (κ3) is 2.62. The summed E-state index contributed by atoms with van der Waals surface area (Å²) in [5.74, 6) is 0.393. The summed E-state index contributed by atoms with van der Waals surface area (Å²) >= 11 is 0. The zero-order chi connectivity index (χ0) is 12.3. The van der Waals surface area contributed by atoms with Crippen LogP contribution in [0.5, 0.6) is 0 Å². The Bertz CT molecular complexity index is 374. The topological polar surface area (TPSA) is 52.3 Å².